The Morgan fingerprint density at radius 3 is 2.82 bits per heavy atom. The zero-order valence-electron chi connectivity index (χ0n) is 19.4. The second-order valence-corrected chi connectivity index (χ2v) is 10.9. The Labute approximate surface area is 199 Å². The molecule has 1 saturated carbocycles. The van der Waals surface area contributed by atoms with E-state index in [1.807, 2.05) is 18.5 Å². The fourth-order valence-electron chi connectivity index (χ4n) is 6.02. The summed E-state index contributed by atoms with van der Waals surface area (Å²) in [5.41, 5.74) is 9.67. The summed E-state index contributed by atoms with van der Waals surface area (Å²) in [5, 5.41) is 7.34. The van der Waals surface area contributed by atoms with Gasteiger partial charge in [0.2, 0.25) is 0 Å². The van der Waals surface area contributed by atoms with Crippen molar-refractivity contribution in [2.24, 2.45) is 11.1 Å². The second kappa shape index (κ2) is 8.56. The van der Waals surface area contributed by atoms with E-state index in [0.29, 0.717) is 19.6 Å². The Morgan fingerprint density at radius 2 is 2.09 bits per heavy atom. The summed E-state index contributed by atoms with van der Waals surface area (Å²) in [6, 6.07) is 3.62. The maximum absolute atomic E-state index is 11.5. The standard InChI is InChI=1S/C24H33ClN6O2/c1-23(2)13-19-18(14-28-31(19)15-23)17-4-3-7-27-21(17)24(30-8-10-33-11-9-30)6-5-16(12-20(24)25)29-22(26)32/h3-4,7,14,16,20H,5-6,8-13,15H2,1-2H3,(H3,26,29,32)/t16-,20?,24+/m1/s1. The monoisotopic (exact) mass is 472 g/mol. The summed E-state index contributed by atoms with van der Waals surface area (Å²) < 4.78 is 7.81. The molecule has 3 N–H and O–H groups in total. The van der Waals surface area contributed by atoms with E-state index in [0.717, 1.165) is 55.7 Å². The topological polar surface area (TPSA) is 98.3 Å². The average Bonchev–Trinajstić information content (AvgIpc) is 3.29. The summed E-state index contributed by atoms with van der Waals surface area (Å²) in [6.45, 7) is 8.44. The number of rotatable bonds is 4. The van der Waals surface area contributed by atoms with Crippen LogP contribution < -0.4 is 11.1 Å². The van der Waals surface area contributed by atoms with Gasteiger partial charge >= 0.3 is 6.03 Å². The van der Waals surface area contributed by atoms with Gasteiger partial charge in [0.1, 0.15) is 0 Å². The predicted molar refractivity (Wildman–Crippen MR) is 127 cm³/mol. The summed E-state index contributed by atoms with van der Waals surface area (Å²) in [7, 11) is 0. The third kappa shape index (κ3) is 4.02. The number of aromatic nitrogens is 3. The summed E-state index contributed by atoms with van der Waals surface area (Å²) in [6.07, 6.45) is 7.05. The van der Waals surface area contributed by atoms with Gasteiger partial charge in [-0.25, -0.2) is 4.79 Å². The van der Waals surface area contributed by atoms with Crippen LogP contribution in [-0.2, 0) is 23.2 Å². The number of carbonyl (C=O) groups is 1. The lowest BCUT2D eigenvalue weighted by atomic mass is 9.73. The highest BCUT2D eigenvalue weighted by molar-refractivity contribution is 6.21. The van der Waals surface area contributed by atoms with Gasteiger partial charge in [0.25, 0.3) is 0 Å². The van der Waals surface area contributed by atoms with Crippen molar-refractivity contribution in [3.8, 4) is 11.1 Å². The second-order valence-electron chi connectivity index (χ2n) is 10.4. The van der Waals surface area contributed by atoms with E-state index in [2.05, 4.69) is 34.8 Å². The molecule has 3 aliphatic rings. The quantitative estimate of drug-likeness (QED) is 0.667. The van der Waals surface area contributed by atoms with Crippen LogP contribution in [-0.4, -0.2) is 63.4 Å². The molecule has 2 aromatic heterocycles. The molecule has 0 bridgehead atoms. The molecule has 33 heavy (non-hydrogen) atoms. The molecule has 3 atom stereocenters. The van der Waals surface area contributed by atoms with Crippen molar-refractivity contribution in [3.63, 3.8) is 0 Å². The molecular formula is C24H33ClN6O2. The number of hydrogen-bond acceptors (Lipinski definition) is 5. The van der Waals surface area contributed by atoms with E-state index >= 15 is 0 Å². The Bertz CT molecular complexity index is 1030. The highest BCUT2D eigenvalue weighted by Gasteiger charge is 2.51. The molecule has 2 aromatic rings. The Morgan fingerprint density at radius 1 is 1.30 bits per heavy atom. The van der Waals surface area contributed by atoms with E-state index < -0.39 is 11.6 Å². The fourth-order valence-corrected chi connectivity index (χ4v) is 6.59. The number of primary amides is 1. The minimum Gasteiger partial charge on any atom is -0.379 e. The first kappa shape index (κ1) is 22.6. The number of alkyl halides is 1. The van der Waals surface area contributed by atoms with E-state index in [4.69, 9.17) is 32.2 Å². The Hall–Kier alpha value is -2.16. The summed E-state index contributed by atoms with van der Waals surface area (Å²) in [4.78, 5) is 18.9. The molecule has 0 aromatic carbocycles. The third-order valence-electron chi connectivity index (χ3n) is 7.49. The highest BCUT2D eigenvalue weighted by atomic mass is 35.5. The first-order valence-electron chi connectivity index (χ1n) is 11.8. The van der Waals surface area contributed by atoms with E-state index in [1.54, 1.807) is 0 Å². The van der Waals surface area contributed by atoms with Gasteiger partial charge in [-0.2, -0.15) is 5.10 Å². The molecule has 2 aliphatic heterocycles. The van der Waals surface area contributed by atoms with Crippen LogP contribution in [0.25, 0.3) is 11.1 Å². The number of fused-ring (bicyclic) bond motifs is 1. The number of pyridine rings is 1. The van der Waals surface area contributed by atoms with E-state index in [-0.39, 0.29) is 16.8 Å². The molecule has 1 unspecified atom stereocenters. The number of ether oxygens (including phenoxy) is 1. The number of nitrogens with one attached hydrogen (secondary N) is 1. The molecule has 8 nitrogen and oxygen atoms in total. The minimum atomic E-state index is -0.501. The van der Waals surface area contributed by atoms with Crippen LogP contribution in [0.15, 0.2) is 24.5 Å². The molecule has 2 amide bonds. The first-order valence-corrected chi connectivity index (χ1v) is 12.3. The van der Waals surface area contributed by atoms with Crippen molar-refractivity contribution in [1.29, 1.82) is 0 Å². The molecule has 1 saturated heterocycles. The van der Waals surface area contributed by atoms with Crippen LogP contribution in [0.2, 0.25) is 0 Å². The summed E-state index contributed by atoms with van der Waals surface area (Å²) >= 11 is 7.25. The maximum Gasteiger partial charge on any atom is 0.312 e. The van der Waals surface area contributed by atoms with Gasteiger partial charge < -0.3 is 15.8 Å². The van der Waals surface area contributed by atoms with Crippen LogP contribution >= 0.6 is 11.6 Å². The van der Waals surface area contributed by atoms with Crippen molar-refractivity contribution in [2.45, 2.75) is 63.0 Å². The number of nitrogens with two attached hydrogens (primary N) is 1. The average molecular weight is 473 g/mol. The lowest BCUT2D eigenvalue weighted by Crippen LogP contribution is -2.60. The Balaban J connectivity index is 1.59. The molecule has 2 fully saturated rings. The van der Waals surface area contributed by atoms with Crippen LogP contribution in [0.5, 0.6) is 0 Å². The molecule has 0 radical (unpaired) electrons. The van der Waals surface area contributed by atoms with Crippen molar-refractivity contribution in [3.05, 3.63) is 35.9 Å². The van der Waals surface area contributed by atoms with Gasteiger partial charge in [0.05, 0.1) is 36.0 Å². The molecule has 178 valence electrons. The number of halogens is 1. The fraction of sp³-hybridized carbons (Fsp3) is 0.625. The van der Waals surface area contributed by atoms with E-state index in [9.17, 15) is 4.79 Å². The summed E-state index contributed by atoms with van der Waals surface area (Å²) in [5.74, 6) is 0. The number of morpholine rings is 1. The normalized spacial score (nSPS) is 29.5. The van der Waals surface area contributed by atoms with Crippen LogP contribution in [0.1, 0.15) is 44.5 Å². The lowest BCUT2D eigenvalue weighted by molar-refractivity contribution is -0.0423. The van der Waals surface area contributed by atoms with Crippen molar-refractivity contribution < 1.29 is 9.53 Å². The molecular weight excluding hydrogens is 440 g/mol. The van der Waals surface area contributed by atoms with Gasteiger partial charge in [-0.15, -0.1) is 11.6 Å². The SMILES string of the molecule is CC1(C)Cc2c(-c3cccnc3[C@]3(N4CCOCC4)CC[C@@H](NC(N)=O)CC3Cl)cnn2C1. The number of hydrogen-bond donors (Lipinski definition) is 2. The van der Waals surface area contributed by atoms with Crippen molar-refractivity contribution >= 4 is 17.6 Å². The maximum atomic E-state index is 11.5. The largest absolute Gasteiger partial charge is 0.379 e. The molecule has 9 heteroatoms. The third-order valence-corrected chi connectivity index (χ3v) is 8.02. The van der Waals surface area contributed by atoms with Crippen LogP contribution in [0.3, 0.4) is 0 Å². The van der Waals surface area contributed by atoms with Gasteiger partial charge in [-0.1, -0.05) is 19.9 Å². The minimum absolute atomic E-state index is 0.0347. The molecule has 4 heterocycles. The van der Waals surface area contributed by atoms with E-state index in [1.165, 1.54) is 5.69 Å². The Kier molecular flexibility index (Phi) is 5.87. The van der Waals surface area contributed by atoms with Gasteiger partial charge in [-0.05, 0) is 37.2 Å². The molecule has 1 aliphatic carbocycles. The number of carbonyl (C=O) groups excluding carboxylic acids is 1. The van der Waals surface area contributed by atoms with Gasteiger partial charge in [-0.3, -0.25) is 14.6 Å². The zero-order valence-corrected chi connectivity index (χ0v) is 20.1. The lowest BCUT2D eigenvalue weighted by Gasteiger charge is -2.52. The number of amides is 2. The molecule has 0 spiro atoms. The molecule has 5 rings (SSSR count). The predicted octanol–water partition coefficient (Wildman–Crippen LogP) is 2.88. The van der Waals surface area contributed by atoms with Crippen molar-refractivity contribution in [2.75, 3.05) is 26.3 Å². The van der Waals surface area contributed by atoms with Gasteiger partial charge in [0, 0.05) is 48.7 Å². The zero-order chi connectivity index (χ0) is 23.2. The van der Waals surface area contributed by atoms with Crippen LogP contribution in [0.4, 0.5) is 4.79 Å². The van der Waals surface area contributed by atoms with Crippen molar-refractivity contribution in [1.82, 2.24) is 25.0 Å². The number of urea groups is 1. The first-order chi connectivity index (χ1) is 15.8. The highest BCUT2D eigenvalue weighted by Crippen LogP contribution is 2.49. The smallest absolute Gasteiger partial charge is 0.312 e. The number of nitrogens with zero attached hydrogens (tertiary/aromatic N) is 4. The van der Waals surface area contributed by atoms with Gasteiger partial charge in [0.15, 0.2) is 0 Å². The van der Waals surface area contributed by atoms with Crippen LogP contribution in [0, 0.1) is 5.41 Å².